The summed E-state index contributed by atoms with van der Waals surface area (Å²) in [5, 5.41) is 6.61. The predicted molar refractivity (Wildman–Crippen MR) is 204 cm³/mol. The van der Waals surface area contributed by atoms with Gasteiger partial charge in [-0.1, -0.05) is 31.0 Å². The summed E-state index contributed by atoms with van der Waals surface area (Å²) < 4.78 is 71.2. The standard InChI is InChI=1S/C41H42F4N6O6/c1-39(2,3)56-37(54)50(38(55)57-40(4,5)6)35-28-22-27(15-13-25(28)18-19-46-35)51-32(23-33(48-51)41(43,44)45)36(53)47-30-21-26(14-16-29(30)42)31(17-12-24-10-11-24)49-20-8-7-9-34(49)52/h7-9,13-16,18-24,31H,10-12,17H2,1-6H3,(H,47,53). The number of fused-ring (bicyclic) bond motifs is 1. The number of aromatic nitrogens is 4. The number of rotatable bonds is 9. The molecule has 0 bridgehead atoms. The van der Waals surface area contributed by atoms with Crippen LogP contribution in [0.4, 0.5) is 38.7 Å². The lowest BCUT2D eigenvalue weighted by atomic mass is 9.99. The zero-order chi connectivity index (χ0) is 41.4. The number of halogens is 4. The molecule has 5 aromatic rings. The van der Waals surface area contributed by atoms with Crippen molar-refractivity contribution in [1.82, 2.24) is 19.3 Å². The Bertz CT molecular complexity index is 2360. The number of hydrogen-bond acceptors (Lipinski definition) is 8. The summed E-state index contributed by atoms with van der Waals surface area (Å²) in [6, 6.07) is 14.4. The van der Waals surface area contributed by atoms with Crippen molar-refractivity contribution >= 4 is 40.4 Å². The summed E-state index contributed by atoms with van der Waals surface area (Å²) in [5.41, 5.74) is -4.30. The van der Waals surface area contributed by atoms with Gasteiger partial charge in [0.05, 0.1) is 17.4 Å². The van der Waals surface area contributed by atoms with E-state index < -0.39 is 58.7 Å². The second kappa shape index (κ2) is 15.5. The molecule has 1 fully saturated rings. The summed E-state index contributed by atoms with van der Waals surface area (Å²) in [4.78, 5) is 58.6. The molecule has 3 aromatic heterocycles. The molecule has 0 saturated heterocycles. The molecule has 1 N–H and O–H groups in total. The van der Waals surface area contributed by atoms with E-state index in [1.807, 2.05) is 0 Å². The van der Waals surface area contributed by atoms with Crippen LogP contribution in [0.2, 0.25) is 0 Å². The molecule has 1 unspecified atom stereocenters. The monoisotopic (exact) mass is 790 g/mol. The van der Waals surface area contributed by atoms with E-state index in [0.29, 0.717) is 34.3 Å². The van der Waals surface area contributed by atoms with Gasteiger partial charge in [0, 0.05) is 29.9 Å². The Morgan fingerprint density at radius 1 is 0.912 bits per heavy atom. The molecule has 0 spiro atoms. The minimum atomic E-state index is -4.99. The molecule has 0 aliphatic heterocycles. The van der Waals surface area contributed by atoms with Gasteiger partial charge in [0.25, 0.3) is 11.5 Å². The zero-order valence-electron chi connectivity index (χ0n) is 32.2. The molecule has 6 rings (SSSR count). The van der Waals surface area contributed by atoms with Crippen molar-refractivity contribution in [3.8, 4) is 5.69 Å². The minimum absolute atomic E-state index is 0.0919. The quantitative estimate of drug-likeness (QED) is 0.146. The fraction of sp³-hybridized carbons (Fsp3) is 0.366. The Balaban J connectivity index is 1.41. The van der Waals surface area contributed by atoms with Crippen LogP contribution in [-0.2, 0) is 15.7 Å². The van der Waals surface area contributed by atoms with Crippen molar-refractivity contribution in [2.75, 3.05) is 10.2 Å². The molecule has 2 aromatic carbocycles. The van der Waals surface area contributed by atoms with Crippen molar-refractivity contribution in [2.24, 2.45) is 5.92 Å². The lowest BCUT2D eigenvalue weighted by Gasteiger charge is -2.28. The highest BCUT2D eigenvalue weighted by atomic mass is 19.4. The lowest BCUT2D eigenvalue weighted by Crippen LogP contribution is -2.44. The van der Waals surface area contributed by atoms with Gasteiger partial charge in [-0.05, 0) is 108 Å². The first kappa shape index (κ1) is 40.6. The van der Waals surface area contributed by atoms with E-state index >= 15 is 4.39 Å². The Morgan fingerprint density at radius 2 is 1.60 bits per heavy atom. The van der Waals surface area contributed by atoms with Crippen LogP contribution in [0.3, 0.4) is 0 Å². The van der Waals surface area contributed by atoms with E-state index in [-0.39, 0.29) is 28.1 Å². The van der Waals surface area contributed by atoms with Crippen LogP contribution in [0.15, 0.2) is 83.9 Å². The number of nitrogens with zero attached hydrogens (tertiary/aromatic N) is 5. The summed E-state index contributed by atoms with van der Waals surface area (Å²) in [7, 11) is 0. The van der Waals surface area contributed by atoms with Crippen molar-refractivity contribution in [3.63, 3.8) is 0 Å². The summed E-state index contributed by atoms with van der Waals surface area (Å²) in [6.07, 6.45) is -0.755. The number of hydrogen-bond donors (Lipinski definition) is 1. The van der Waals surface area contributed by atoms with Gasteiger partial charge >= 0.3 is 18.4 Å². The number of amides is 3. The smallest absolute Gasteiger partial charge is 0.435 e. The average Bonchev–Trinajstić information content (AvgIpc) is 3.82. The maximum absolute atomic E-state index is 15.4. The van der Waals surface area contributed by atoms with Crippen LogP contribution in [0.25, 0.3) is 16.5 Å². The van der Waals surface area contributed by atoms with Crippen molar-refractivity contribution in [3.05, 3.63) is 112 Å². The van der Waals surface area contributed by atoms with Crippen LogP contribution in [-0.4, -0.2) is 48.6 Å². The Hall–Kier alpha value is -6.06. The second-order valence-corrected chi connectivity index (χ2v) is 15.8. The maximum atomic E-state index is 15.4. The third kappa shape index (κ3) is 9.67. The fourth-order valence-corrected chi connectivity index (χ4v) is 6.19. The van der Waals surface area contributed by atoms with Gasteiger partial charge in [0.2, 0.25) is 0 Å². The zero-order valence-corrected chi connectivity index (χ0v) is 32.2. The molecule has 1 atom stereocenters. The molecule has 1 aliphatic rings. The van der Waals surface area contributed by atoms with E-state index in [2.05, 4.69) is 15.4 Å². The largest absolute Gasteiger partial charge is 0.443 e. The van der Waals surface area contributed by atoms with E-state index in [1.165, 1.54) is 47.2 Å². The molecule has 3 amide bonds. The highest BCUT2D eigenvalue weighted by Gasteiger charge is 2.38. The third-order valence-corrected chi connectivity index (χ3v) is 8.93. The molecule has 16 heteroatoms. The van der Waals surface area contributed by atoms with Crippen LogP contribution in [0.5, 0.6) is 0 Å². The fourth-order valence-electron chi connectivity index (χ4n) is 6.19. The van der Waals surface area contributed by atoms with Gasteiger partial charge in [0.1, 0.15) is 22.7 Å². The van der Waals surface area contributed by atoms with Crippen LogP contribution in [0.1, 0.15) is 95.0 Å². The predicted octanol–water partition coefficient (Wildman–Crippen LogP) is 9.45. The SMILES string of the molecule is CC(C)(C)OC(=O)N(C(=O)OC(C)(C)C)c1nccc2ccc(-n3nc(C(F)(F)F)cc3C(=O)Nc3cc(C(CCC4CC4)n4ccccc4=O)ccc3F)cc12. The minimum Gasteiger partial charge on any atom is -0.443 e. The van der Waals surface area contributed by atoms with Gasteiger partial charge in [-0.25, -0.2) is 23.6 Å². The Kier molecular flexibility index (Phi) is 11.0. The van der Waals surface area contributed by atoms with Crippen LogP contribution >= 0.6 is 0 Å². The molecular formula is C41H42F4N6O6. The lowest BCUT2D eigenvalue weighted by molar-refractivity contribution is -0.141. The maximum Gasteiger partial charge on any atom is 0.435 e. The van der Waals surface area contributed by atoms with E-state index in [9.17, 15) is 32.3 Å². The molecule has 57 heavy (non-hydrogen) atoms. The number of nitrogens with one attached hydrogen (secondary N) is 1. The first-order valence-electron chi connectivity index (χ1n) is 18.3. The number of anilines is 2. The summed E-state index contributed by atoms with van der Waals surface area (Å²) >= 11 is 0. The van der Waals surface area contributed by atoms with Crippen molar-refractivity contribution < 1.29 is 41.4 Å². The first-order chi connectivity index (χ1) is 26.7. The highest BCUT2D eigenvalue weighted by Crippen LogP contribution is 2.38. The number of pyridine rings is 2. The van der Waals surface area contributed by atoms with Gasteiger partial charge < -0.3 is 19.4 Å². The molecule has 300 valence electrons. The van der Waals surface area contributed by atoms with E-state index in [1.54, 1.807) is 65.9 Å². The number of benzene rings is 2. The molecular weight excluding hydrogens is 748 g/mol. The number of imide groups is 1. The first-order valence-corrected chi connectivity index (χ1v) is 18.3. The van der Waals surface area contributed by atoms with E-state index in [4.69, 9.17) is 9.47 Å². The molecule has 0 radical (unpaired) electrons. The normalized spacial score (nSPS) is 13.9. The molecule has 3 heterocycles. The molecule has 1 saturated carbocycles. The number of carbonyl (C=O) groups is 3. The Morgan fingerprint density at radius 3 is 2.21 bits per heavy atom. The summed E-state index contributed by atoms with van der Waals surface area (Å²) in [5.74, 6) is -1.73. The van der Waals surface area contributed by atoms with Crippen molar-refractivity contribution in [2.45, 2.75) is 90.6 Å². The van der Waals surface area contributed by atoms with Crippen molar-refractivity contribution in [1.29, 1.82) is 0 Å². The van der Waals surface area contributed by atoms with Gasteiger partial charge in [-0.15, -0.1) is 0 Å². The number of ether oxygens (including phenoxy) is 2. The van der Waals surface area contributed by atoms with Gasteiger partial charge in [0.15, 0.2) is 11.5 Å². The van der Waals surface area contributed by atoms with Crippen LogP contribution in [0, 0.1) is 11.7 Å². The van der Waals surface area contributed by atoms with E-state index in [0.717, 1.165) is 30.0 Å². The average molecular weight is 791 g/mol. The molecule has 1 aliphatic carbocycles. The van der Waals surface area contributed by atoms with Gasteiger partial charge in [-0.2, -0.15) is 23.2 Å². The Labute approximate surface area is 325 Å². The highest BCUT2D eigenvalue weighted by molar-refractivity contribution is 6.14. The van der Waals surface area contributed by atoms with Crippen LogP contribution < -0.4 is 15.8 Å². The van der Waals surface area contributed by atoms with Gasteiger partial charge in [-0.3, -0.25) is 9.59 Å². The number of carbonyl (C=O) groups excluding carboxylic acids is 3. The third-order valence-electron chi connectivity index (χ3n) is 8.93. The summed E-state index contributed by atoms with van der Waals surface area (Å²) in [6.45, 7) is 9.56. The topological polar surface area (TPSA) is 138 Å². The second-order valence-electron chi connectivity index (χ2n) is 15.8. The molecule has 12 nitrogen and oxygen atoms in total. The number of alkyl halides is 3.